The molecule has 2 aromatic heterocycles. The standard InChI is InChI=1S/C25H28F2N4O3/c1-33-22-10-3-2-8-17(22)19-13-21(23(26)27)31-24(29-19)18(14-28-31)25(32)34-15-16-7-6-12-30-11-5-4-9-20(16)30/h2-3,8,10,13-14,16,20,23H,4-7,9,11-12,15H2,1H3/t16-,20+/m1/s1. The van der Waals surface area contributed by atoms with Crippen LogP contribution >= 0.6 is 0 Å². The molecule has 2 aliphatic heterocycles. The van der Waals surface area contributed by atoms with Crippen molar-refractivity contribution in [3.63, 3.8) is 0 Å². The Morgan fingerprint density at radius 2 is 2.00 bits per heavy atom. The number of rotatable bonds is 6. The molecule has 2 atom stereocenters. The number of halogens is 2. The fourth-order valence-corrected chi connectivity index (χ4v) is 5.31. The first-order valence-electron chi connectivity index (χ1n) is 11.8. The van der Waals surface area contributed by atoms with E-state index in [4.69, 9.17) is 9.47 Å². The van der Waals surface area contributed by atoms with Crippen molar-refractivity contribution in [3.8, 4) is 17.0 Å². The molecule has 0 N–H and O–H groups in total. The molecule has 5 rings (SSSR count). The van der Waals surface area contributed by atoms with Crippen molar-refractivity contribution >= 4 is 11.6 Å². The zero-order valence-corrected chi connectivity index (χ0v) is 19.1. The van der Waals surface area contributed by atoms with Crippen LogP contribution in [0.5, 0.6) is 5.75 Å². The van der Waals surface area contributed by atoms with Crippen molar-refractivity contribution in [3.05, 3.63) is 47.8 Å². The van der Waals surface area contributed by atoms with Gasteiger partial charge in [-0.15, -0.1) is 0 Å². The number of hydrogen-bond acceptors (Lipinski definition) is 6. The van der Waals surface area contributed by atoms with Crippen LogP contribution in [-0.4, -0.2) is 58.3 Å². The summed E-state index contributed by atoms with van der Waals surface area (Å²) in [4.78, 5) is 20.1. The van der Waals surface area contributed by atoms with Gasteiger partial charge >= 0.3 is 5.97 Å². The van der Waals surface area contributed by atoms with Crippen LogP contribution in [0.15, 0.2) is 36.5 Å². The summed E-state index contributed by atoms with van der Waals surface area (Å²) in [5.74, 6) is 0.193. The van der Waals surface area contributed by atoms with E-state index in [1.807, 2.05) is 0 Å². The van der Waals surface area contributed by atoms with Crippen LogP contribution in [0.4, 0.5) is 8.78 Å². The number of methoxy groups -OCH3 is 1. The maximum absolute atomic E-state index is 13.9. The van der Waals surface area contributed by atoms with E-state index >= 15 is 0 Å². The van der Waals surface area contributed by atoms with Gasteiger partial charge in [-0.05, 0) is 57.0 Å². The lowest BCUT2D eigenvalue weighted by Crippen LogP contribution is -2.49. The third kappa shape index (κ3) is 4.24. The second-order valence-electron chi connectivity index (χ2n) is 8.96. The van der Waals surface area contributed by atoms with Crippen molar-refractivity contribution in [2.75, 3.05) is 26.8 Å². The molecular formula is C25H28F2N4O3. The van der Waals surface area contributed by atoms with Gasteiger partial charge in [0.1, 0.15) is 17.0 Å². The van der Waals surface area contributed by atoms with Gasteiger partial charge in [0.25, 0.3) is 6.43 Å². The number of benzene rings is 1. The predicted molar refractivity (Wildman–Crippen MR) is 122 cm³/mol. The smallest absolute Gasteiger partial charge is 0.343 e. The highest BCUT2D eigenvalue weighted by atomic mass is 19.3. The SMILES string of the molecule is COc1ccccc1-c1cc(C(F)F)n2ncc(C(=O)OC[C@H]3CCCN4CCCC[C@@H]34)c2n1. The van der Waals surface area contributed by atoms with Gasteiger partial charge in [-0.2, -0.15) is 5.10 Å². The molecule has 0 unspecified atom stereocenters. The van der Waals surface area contributed by atoms with E-state index in [-0.39, 0.29) is 28.5 Å². The second kappa shape index (κ2) is 9.66. The average molecular weight is 471 g/mol. The molecule has 2 saturated heterocycles. The molecule has 4 heterocycles. The maximum Gasteiger partial charge on any atom is 0.343 e. The topological polar surface area (TPSA) is 69.0 Å². The lowest BCUT2D eigenvalue weighted by atomic mass is 9.84. The van der Waals surface area contributed by atoms with Gasteiger partial charge in [0, 0.05) is 17.5 Å². The predicted octanol–water partition coefficient (Wildman–Crippen LogP) is 4.76. The van der Waals surface area contributed by atoms with E-state index < -0.39 is 12.4 Å². The van der Waals surface area contributed by atoms with E-state index in [1.165, 1.54) is 32.2 Å². The van der Waals surface area contributed by atoms with Crippen molar-refractivity contribution in [1.29, 1.82) is 0 Å². The molecule has 0 aliphatic carbocycles. The highest BCUT2D eigenvalue weighted by Crippen LogP contribution is 2.33. The average Bonchev–Trinajstić information content (AvgIpc) is 3.30. The van der Waals surface area contributed by atoms with Gasteiger partial charge in [0.05, 0.1) is 25.6 Å². The molecule has 2 fully saturated rings. The summed E-state index contributed by atoms with van der Waals surface area (Å²) in [5.41, 5.74) is 0.603. The molecule has 1 aromatic carbocycles. The van der Waals surface area contributed by atoms with Gasteiger partial charge in [-0.25, -0.2) is 23.1 Å². The van der Waals surface area contributed by atoms with Crippen molar-refractivity contribution < 1.29 is 23.0 Å². The molecule has 0 spiro atoms. The lowest BCUT2D eigenvalue weighted by Gasteiger charge is -2.44. The molecule has 0 saturated carbocycles. The molecule has 2 aliphatic rings. The van der Waals surface area contributed by atoms with E-state index in [2.05, 4.69) is 15.0 Å². The molecule has 180 valence electrons. The van der Waals surface area contributed by atoms with E-state index in [0.29, 0.717) is 24.0 Å². The molecular weight excluding hydrogens is 442 g/mol. The molecule has 0 bridgehead atoms. The minimum absolute atomic E-state index is 0.0478. The number of alkyl halides is 2. The van der Waals surface area contributed by atoms with Crippen LogP contribution < -0.4 is 4.74 Å². The minimum Gasteiger partial charge on any atom is -0.496 e. The first-order valence-corrected chi connectivity index (χ1v) is 11.8. The van der Waals surface area contributed by atoms with Crippen LogP contribution in [0.1, 0.15) is 54.6 Å². The minimum atomic E-state index is -2.80. The fourth-order valence-electron chi connectivity index (χ4n) is 5.31. The Morgan fingerprint density at radius 1 is 1.18 bits per heavy atom. The van der Waals surface area contributed by atoms with Crippen LogP contribution in [0.25, 0.3) is 16.9 Å². The largest absolute Gasteiger partial charge is 0.496 e. The summed E-state index contributed by atoms with van der Waals surface area (Å²) in [6.45, 7) is 2.52. The highest BCUT2D eigenvalue weighted by Gasteiger charge is 2.34. The number of carbonyl (C=O) groups excluding carboxylic acids is 1. The first-order chi connectivity index (χ1) is 16.6. The Bertz CT molecular complexity index is 1180. The Labute approximate surface area is 196 Å². The van der Waals surface area contributed by atoms with Gasteiger partial charge < -0.3 is 9.47 Å². The van der Waals surface area contributed by atoms with Gasteiger partial charge in [-0.3, -0.25) is 4.90 Å². The number of ether oxygens (including phenoxy) is 2. The van der Waals surface area contributed by atoms with E-state index in [9.17, 15) is 13.6 Å². The van der Waals surface area contributed by atoms with Crippen LogP contribution in [0, 0.1) is 5.92 Å². The molecule has 7 nitrogen and oxygen atoms in total. The number of piperidine rings is 2. The quantitative estimate of drug-likeness (QED) is 0.484. The maximum atomic E-state index is 13.9. The highest BCUT2D eigenvalue weighted by molar-refractivity contribution is 5.96. The van der Waals surface area contributed by atoms with Crippen molar-refractivity contribution in [2.45, 2.75) is 44.6 Å². The zero-order valence-electron chi connectivity index (χ0n) is 19.1. The van der Waals surface area contributed by atoms with Crippen molar-refractivity contribution in [2.24, 2.45) is 5.92 Å². The number of nitrogens with zero attached hydrogens (tertiary/aromatic N) is 4. The Hall–Kier alpha value is -3.07. The molecule has 0 amide bonds. The molecule has 9 heteroatoms. The number of aromatic nitrogens is 3. The summed E-state index contributed by atoms with van der Waals surface area (Å²) in [6.07, 6.45) is 4.12. The monoisotopic (exact) mass is 470 g/mol. The Kier molecular flexibility index (Phi) is 6.45. The zero-order chi connectivity index (χ0) is 23.7. The number of hydrogen-bond donors (Lipinski definition) is 0. The Morgan fingerprint density at radius 3 is 2.82 bits per heavy atom. The van der Waals surface area contributed by atoms with Crippen molar-refractivity contribution in [1.82, 2.24) is 19.5 Å². The third-order valence-electron chi connectivity index (χ3n) is 6.98. The first kappa shape index (κ1) is 22.7. The summed E-state index contributed by atoms with van der Waals surface area (Å²) >= 11 is 0. The van der Waals surface area contributed by atoms with Gasteiger partial charge in [-0.1, -0.05) is 18.6 Å². The second-order valence-corrected chi connectivity index (χ2v) is 8.96. The van der Waals surface area contributed by atoms with E-state index in [1.54, 1.807) is 24.3 Å². The lowest BCUT2D eigenvalue weighted by molar-refractivity contribution is 0.00749. The number of esters is 1. The van der Waals surface area contributed by atoms with Gasteiger partial charge in [0.2, 0.25) is 0 Å². The third-order valence-corrected chi connectivity index (χ3v) is 6.98. The molecule has 0 radical (unpaired) electrons. The van der Waals surface area contributed by atoms with E-state index in [0.717, 1.165) is 36.9 Å². The van der Waals surface area contributed by atoms with Gasteiger partial charge in [0.15, 0.2) is 5.65 Å². The molecule has 3 aromatic rings. The van der Waals surface area contributed by atoms with Crippen LogP contribution in [-0.2, 0) is 4.74 Å². The van der Waals surface area contributed by atoms with Crippen LogP contribution in [0.2, 0.25) is 0 Å². The summed E-state index contributed by atoms with van der Waals surface area (Å²) in [5, 5.41) is 4.03. The summed E-state index contributed by atoms with van der Waals surface area (Å²) < 4.78 is 39.9. The fraction of sp³-hybridized carbons (Fsp3) is 0.480. The summed E-state index contributed by atoms with van der Waals surface area (Å²) in [7, 11) is 1.51. The summed E-state index contributed by atoms with van der Waals surface area (Å²) in [6, 6.07) is 8.75. The normalized spacial score (nSPS) is 20.9. The number of para-hydroxylation sites is 1. The van der Waals surface area contributed by atoms with Crippen LogP contribution in [0.3, 0.4) is 0 Å². The Balaban J connectivity index is 1.44. The molecule has 34 heavy (non-hydrogen) atoms. The number of fused-ring (bicyclic) bond motifs is 2. The number of carbonyl (C=O) groups is 1.